The normalized spacial score (nSPS) is 22.9. The first-order chi connectivity index (χ1) is 14.2. The van der Waals surface area contributed by atoms with E-state index in [0.717, 1.165) is 16.9 Å². The van der Waals surface area contributed by atoms with E-state index in [-0.39, 0.29) is 23.8 Å². The lowest BCUT2D eigenvalue weighted by molar-refractivity contribution is -0.119. The number of benzene rings is 1. The molecular formula is C23H21N3O3. The van der Waals surface area contributed by atoms with Crippen LogP contribution in [-0.4, -0.2) is 29.5 Å². The number of amides is 1. The number of allylic oxidation sites excluding steroid dienone is 2. The van der Waals surface area contributed by atoms with Gasteiger partial charge in [0.1, 0.15) is 5.65 Å². The SMILES string of the molecule is COc1ccc([C@H]2C3C=CC=CC3C(=O)N2c2ccn3ccnc3c2)cc1OC. The summed E-state index contributed by atoms with van der Waals surface area (Å²) >= 11 is 0. The molecule has 6 nitrogen and oxygen atoms in total. The first-order valence-electron chi connectivity index (χ1n) is 9.54. The molecule has 1 saturated heterocycles. The number of hydrogen-bond donors (Lipinski definition) is 0. The van der Waals surface area contributed by atoms with Gasteiger partial charge >= 0.3 is 0 Å². The van der Waals surface area contributed by atoms with E-state index in [9.17, 15) is 4.79 Å². The van der Waals surface area contributed by atoms with Gasteiger partial charge in [0.2, 0.25) is 5.91 Å². The van der Waals surface area contributed by atoms with Gasteiger partial charge in [-0.15, -0.1) is 0 Å². The monoisotopic (exact) mass is 387 g/mol. The molecule has 1 aliphatic carbocycles. The number of fused-ring (bicyclic) bond motifs is 2. The molecule has 5 rings (SSSR count). The molecule has 2 unspecified atom stereocenters. The van der Waals surface area contributed by atoms with Crippen LogP contribution < -0.4 is 14.4 Å². The average molecular weight is 387 g/mol. The van der Waals surface area contributed by atoms with Gasteiger partial charge in [0.15, 0.2) is 11.5 Å². The highest BCUT2D eigenvalue weighted by atomic mass is 16.5. The summed E-state index contributed by atoms with van der Waals surface area (Å²) in [4.78, 5) is 19.7. The molecule has 6 heteroatoms. The van der Waals surface area contributed by atoms with Gasteiger partial charge in [0, 0.05) is 36.3 Å². The fourth-order valence-electron chi connectivity index (χ4n) is 4.39. The molecule has 29 heavy (non-hydrogen) atoms. The minimum Gasteiger partial charge on any atom is -0.493 e. The molecule has 2 aliphatic rings. The quantitative estimate of drug-likeness (QED) is 0.683. The molecule has 0 spiro atoms. The predicted molar refractivity (Wildman–Crippen MR) is 110 cm³/mol. The van der Waals surface area contributed by atoms with E-state index >= 15 is 0 Å². The molecule has 0 bridgehead atoms. The lowest BCUT2D eigenvalue weighted by atomic mass is 9.84. The van der Waals surface area contributed by atoms with E-state index < -0.39 is 0 Å². The highest BCUT2D eigenvalue weighted by Gasteiger charge is 2.47. The first-order valence-corrected chi connectivity index (χ1v) is 9.54. The number of aromatic nitrogens is 2. The Labute approximate surface area is 168 Å². The van der Waals surface area contributed by atoms with Crippen LogP contribution in [0.5, 0.6) is 11.5 Å². The Hall–Kier alpha value is -3.54. The molecule has 1 fully saturated rings. The van der Waals surface area contributed by atoms with Crippen molar-refractivity contribution in [2.24, 2.45) is 11.8 Å². The zero-order valence-corrected chi connectivity index (χ0v) is 16.2. The molecule has 3 heterocycles. The second-order valence-electron chi connectivity index (χ2n) is 7.22. The smallest absolute Gasteiger partial charge is 0.235 e. The van der Waals surface area contributed by atoms with E-state index in [0.29, 0.717) is 11.5 Å². The van der Waals surface area contributed by atoms with E-state index in [4.69, 9.17) is 9.47 Å². The third-order valence-electron chi connectivity index (χ3n) is 5.75. The molecule has 3 atom stereocenters. The number of pyridine rings is 1. The van der Waals surface area contributed by atoms with Gasteiger partial charge in [-0.1, -0.05) is 30.4 Å². The van der Waals surface area contributed by atoms with Gasteiger partial charge in [-0.25, -0.2) is 4.98 Å². The number of imidazole rings is 1. The first kappa shape index (κ1) is 17.6. The van der Waals surface area contributed by atoms with Crippen LogP contribution in [0.25, 0.3) is 5.65 Å². The van der Waals surface area contributed by atoms with E-state index in [1.54, 1.807) is 20.4 Å². The minimum atomic E-state index is -0.186. The van der Waals surface area contributed by atoms with Crippen LogP contribution in [0.4, 0.5) is 5.69 Å². The van der Waals surface area contributed by atoms with Crippen molar-refractivity contribution >= 4 is 17.2 Å². The van der Waals surface area contributed by atoms with Crippen molar-refractivity contribution in [3.8, 4) is 11.5 Å². The van der Waals surface area contributed by atoms with Gasteiger partial charge < -0.3 is 18.8 Å². The number of methoxy groups -OCH3 is 2. The van der Waals surface area contributed by atoms with E-state index in [1.807, 2.05) is 70.3 Å². The summed E-state index contributed by atoms with van der Waals surface area (Å²) in [5, 5.41) is 0. The third kappa shape index (κ3) is 2.71. The molecule has 0 saturated carbocycles. The second-order valence-corrected chi connectivity index (χ2v) is 7.22. The van der Waals surface area contributed by atoms with Crippen LogP contribution >= 0.6 is 0 Å². The molecule has 1 aliphatic heterocycles. The van der Waals surface area contributed by atoms with Crippen LogP contribution in [0, 0.1) is 11.8 Å². The Morgan fingerprint density at radius 3 is 2.62 bits per heavy atom. The summed E-state index contributed by atoms with van der Waals surface area (Å²) in [5.41, 5.74) is 2.65. The van der Waals surface area contributed by atoms with Crippen molar-refractivity contribution in [1.82, 2.24) is 9.38 Å². The number of hydrogen-bond acceptors (Lipinski definition) is 4. The summed E-state index contributed by atoms with van der Waals surface area (Å²) in [7, 11) is 3.24. The fourth-order valence-corrected chi connectivity index (χ4v) is 4.39. The zero-order valence-electron chi connectivity index (χ0n) is 16.2. The van der Waals surface area contributed by atoms with Gasteiger partial charge in [-0.05, 0) is 23.8 Å². The Morgan fingerprint density at radius 1 is 0.966 bits per heavy atom. The number of carbonyl (C=O) groups excluding carboxylic acids is 1. The Kier molecular flexibility index (Phi) is 4.12. The fraction of sp³-hybridized carbons (Fsp3) is 0.217. The molecule has 146 valence electrons. The Bertz CT molecular complexity index is 1150. The van der Waals surface area contributed by atoms with E-state index in [2.05, 4.69) is 11.1 Å². The van der Waals surface area contributed by atoms with Crippen molar-refractivity contribution in [2.45, 2.75) is 6.04 Å². The standard InChI is InChI=1S/C23H21N3O3/c1-28-19-8-7-15(13-20(19)29-2)22-17-5-3-4-6-18(17)23(27)26(22)16-9-11-25-12-10-24-21(25)14-16/h3-14,17-18,22H,1-2H3/t17?,18?,22-/m0/s1. The molecule has 2 aromatic heterocycles. The summed E-state index contributed by atoms with van der Waals surface area (Å²) < 4.78 is 12.8. The summed E-state index contributed by atoms with van der Waals surface area (Å²) in [5.74, 6) is 1.27. The maximum absolute atomic E-state index is 13.4. The number of rotatable bonds is 4. The highest BCUT2D eigenvalue weighted by molar-refractivity contribution is 6.00. The Morgan fingerprint density at radius 2 is 1.79 bits per heavy atom. The summed E-state index contributed by atoms with van der Waals surface area (Å²) in [6.45, 7) is 0. The second kappa shape index (κ2) is 6.81. The third-order valence-corrected chi connectivity index (χ3v) is 5.75. The lowest BCUT2D eigenvalue weighted by Crippen LogP contribution is -2.29. The van der Waals surface area contributed by atoms with Crippen molar-refractivity contribution in [3.63, 3.8) is 0 Å². The average Bonchev–Trinajstić information content (AvgIpc) is 3.35. The van der Waals surface area contributed by atoms with Crippen LogP contribution in [-0.2, 0) is 4.79 Å². The predicted octanol–water partition coefficient (Wildman–Crippen LogP) is 3.80. The number of anilines is 1. The van der Waals surface area contributed by atoms with Crippen molar-refractivity contribution in [3.05, 3.63) is 78.8 Å². The van der Waals surface area contributed by atoms with Crippen LogP contribution in [0.15, 0.2) is 73.2 Å². The van der Waals surface area contributed by atoms with Crippen LogP contribution in [0.2, 0.25) is 0 Å². The maximum atomic E-state index is 13.4. The van der Waals surface area contributed by atoms with Crippen molar-refractivity contribution < 1.29 is 14.3 Å². The molecule has 0 N–H and O–H groups in total. The topological polar surface area (TPSA) is 56.1 Å². The van der Waals surface area contributed by atoms with Crippen LogP contribution in [0.3, 0.4) is 0 Å². The van der Waals surface area contributed by atoms with Gasteiger partial charge in [-0.3, -0.25) is 4.79 Å². The van der Waals surface area contributed by atoms with Crippen LogP contribution in [0.1, 0.15) is 11.6 Å². The molecule has 1 amide bonds. The summed E-state index contributed by atoms with van der Waals surface area (Å²) in [6, 6.07) is 9.64. The molecule has 3 aromatic rings. The number of nitrogens with zero attached hydrogens (tertiary/aromatic N) is 3. The zero-order chi connectivity index (χ0) is 20.0. The lowest BCUT2D eigenvalue weighted by Gasteiger charge is -2.28. The molecular weight excluding hydrogens is 366 g/mol. The highest BCUT2D eigenvalue weighted by Crippen LogP contribution is 2.48. The van der Waals surface area contributed by atoms with Gasteiger partial charge in [-0.2, -0.15) is 0 Å². The van der Waals surface area contributed by atoms with Crippen molar-refractivity contribution in [2.75, 3.05) is 19.1 Å². The van der Waals surface area contributed by atoms with E-state index in [1.165, 1.54) is 0 Å². The largest absolute Gasteiger partial charge is 0.493 e. The molecule has 0 radical (unpaired) electrons. The molecule has 1 aromatic carbocycles. The number of carbonyl (C=O) groups is 1. The minimum absolute atomic E-state index is 0.0431. The van der Waals surface area contributed by atoms with Gasteiger partial charge in [0.05, 0.1) is 26.2 Å². The van der Waals surface area contributed by atoms with Gasteiger partial charge in [0.25, 0.3) is 0 Å². The summed E-state index contributed by atoms with van der Waals surface area (Å²) in [6.07, 6.45) is 13.7. The maximum Gasteiger partial charge on any atom is 0.235 e. The Balaban J connectivity index is 1.66. The number of ether oxygens (including phenoxy) is 2. The van der Waals surface area contributed by atoms with Crippen molar-refractivity contribution in [1.29, 1.82) is 0 Å².